The zero-order chi connectivity index (χ0) is 20.9. The lowest BCUT2D eigenvalue weighted by Crippen LogP contribution is -2.16. The van der Waals surface area contributed by atoms with E-state index in [1.807, 2.05) is 79.7 Å². The Balaban J connectivity index is 1.58. The minimum absolute atomic E-state index is 0.0672. The van der Waals surface area contributed by atoms with Crippen LogP contribution in [0.3, 0.4) is 0 Å². The molecule has 0 atom stereocenters. The number of nitriles is 1. The lowest BCUT2D eigenvalue weighted by Gasteiger charge is -2.08. The van der Waals surface area contributed by atoms with Gasteiger partial charge in [0.25, 0.3) is 5.91 Å². The van der Waals surface area contributed by atoms with Crippen LogP contribution >= 0.6 is 0 Å². The van der Waals surface area contributed by atoms with E-state index in [0.29, 0.717) is 17.3 Å². The third kappa shape index (κ3) is 4.05. The van der Waals surface area contributed by atoms with E-state index >= 15 is 0 Å². The first kappa shape index (κ1) is 19.0. The van der Waals surface area contributed by atoms with E-state index in [1.54, 1.807) is 16.8 Å². The molecular weight excluding hydrogens is 376 g/mol. The summed E-state index contributed by atoms with van der Waals surface area (Å²) in [6, 6.07) is 26.3. The van der Waals surface area contributed by atoms with Gasteiger partial charge in [-0.15, -0.1) is 0 Å². The number of hydrogen-bond acceptors (Lipinski definition) is 4. The number of carbonyl (C=O) groups is 1. The van der Waals surface area contributed by atoms with E-state index in [2.05, 4.69) is 10.4 Å². The van der Waals surface area contributed by atoms with Gasteiger partial charge in [0.1, 0.15) is 29.0 Å². The molecule has 0 radical (unpaired) electrons. The summed E-state index contributed by atoms with van der Waals surface area (Å²) < 4.78 is 7.40. The smallest absolute Gasteiger partial charge is 0.267 e. The average molecular weight is 394 g/mol. The summed E-state index contributed by atoms with van der Waals surface area (Å²) >= 11 is 0. The summed E-state index contributed by atoms with van der Waals surface area (Å²) in [6.45, 7) is 1.84. The van der Waals surface area contributed by atoms with Crippen molar-refractivity contribution < 1.29 is 9.21 Å². The lowest BCUT2D eigenvalue weighted by atomic mass is 10.2. The van der Waals surface area contributed by atoms with Crippen molar-refractivity contribution in [3.05, 3.63) is 95.9 Å². The Labute approximate surface area is 173 Å². The SMILES string of the molecule is Cc1cc(NC(=O)C(C#N)=Cc2ccc(-c3ccccc3)o2)n(-c2ccccc2)n1. The normalized spacial score (nSPS) is 11.1. The van der Waals surface area contributed by atoms with Gasteiger partial charge in [-0.1, -0.05) is 48.5 Å². The van der Waals surface area contributed by atoms with Crippen molar-refractivity contribution in [3.8, 4) is 23.1 Å². The summed E-state index contributed by atoms with van der Waals surface area (Å²) in [7, 11) is 0. The maximum atomic E-state index is 12.7. The van der Waals surface area contributed by atoms with Crippen LogP contribution in [-0.4, -0.2) is 15.7 Å². The summed E-state index contributed by atoms with van der Waals surface area (Å²) in [6.07, 6.45) is 1.43. The van der Waals surface area contributed by atoms with Gasteiger partial charge < -0.3 is 9.73 Å². The van der Waals surface area contributed by atoms with Gasteiger partial charge in [0.2, 0.25) is 0 Å². The second-order valence-electron chi connectivity index (χ2n) is 6.61. The molecule has 1 N–H and O–H groups in total. The molecule has 0 saturated heterocycles. The van der Waals surface area contributed by atoms with Crippen LogP contribution < -0.4 is 5.32 Å². The van der Waals surface area contributed by atoms with Crippen LogP contribution in [0.15, 0.2) is 88.9 Å². The summed E-state index contributed by atoms with van der Waals surface area (Å²) in [5, 5.41) is 16.7. The lowest BCUT2D eigenvalue weighted by molar-refractivity contribution is -0.112. The minimum Gasteiger partial charge on any atom is -0.457 e. The van der Waals surface area contributed by atoms with Gasteiger partial charge in [-0.2, -0.15) is 10.4 Å². The Kier molecular flexibility index (Phi) is 5.27. The highest BCUT2D eigenvalue weighted by Crippen LogP contribution is 2.23. The molecule has 0 unspecified atom stereocenters. The van der Waals surface area contributed by atoms with Crippen molar-refractivity contribution in [2.75, 3.05) is 5.32 Å². The second kappa shape index (κ2) is 8.33. The number of anilines is 1. The Bertz CT molecular complexity index is 1250. The van der Waals surface area contributed by atoms with Crippen molar-refractivity contribution in [3.63, 3.8) is 0 Å². The van der Waals surface area contributed by atoms with Gasteiger partial charge >= 0.3 is 0 Å². The molecule has 2 aromatic heterocycles. The molecule has 0 aliphatic heterocycles. The molecule has 6 heteroatoms. The van der Waals surface area contributed by atoms with E-state index in [9.17, 15) is 10.1 Å². The molecule has 0 aliphatic carbocycles. The summed E-state index contributed by atoms with van der Waals surface area (Å²) in [4.78, 5) is 12.7. The molecule has 2 heterocycles. The molecule has 1 amide bonds. The number of nitrogens with one attached hydrogen (secondary N) is 1. The Hall–Kier alpha value is -4.37. The average Bonchev–Trinajstić information content (AvgIpc) is 3.39. The number of hydrogen-bond donors (Lipinski definition) is 1. The number of nitrogens with zero attached hydrogens (tertiary/aromatic N) is 3. The van der Waals surface area contributed by atoms with Crippen LogP contribution in [0.1, 0.15) is 11.5 Å². The fourth-order valence-electron chi connectivity index (χ4n) is 3.02. The number of rotatable bonds is 5. The van der Waals surface area contributed by atoms with Gasteiger partial charge in [-0.05, 0) is 31.2 Å². The second-order valence-corrected chi connectivity index (χ2v) is 6.61. The predicted octanol–water partition coefficient (Wildman–Crippen LogP) is 4.99. The zero-order valence-corrected chi connectivity index (χ0v) is 16.2. The van der Waals surface area contributed by atoms with E-state index in [1.165, 1.54) is 6.08 Å². The standard InChI is InChI=1S/C24H18N4O2/c1-17-14-23(28(27-17)20-10-6-3-7-11-20)26-24(29)19(16-25)15-21-12-13-22(30-21)18-8-4-2-5-9-18/h2-15H,1H3,(H,26,29). The quantitative estimate of drug-likeness (QED) is 0.382. The maximum absolute atomic E-state index is 12.7. The summed E-state index contributed by atoms with van der Waals surface area (Å²) in [5.74, 6) is 1.03. The fraction of sp³-hybridized carbons (Fsp3) is 0.0417. The first-order valence-electron chi connectivity index (χ1n) is 9.34. The Morgan fingerprint density at radius 3 is 2.47 bits per heavy atom. The first-order valence-corrected chi connectivity index (χ1v) is 9.34. The fourth-order valence-corrected chi connectivity index (χ4v) is 3.02. The van der Waals surface area contributed by atoms with Crippen LogP contribution in [0.5, 0.6) is 0 Å². The van der Waals surface area contributed by atoms with E-state index in [4.69, 9.17) is 4.42 Å². The number of carbonyl (C=O) groups excluding carboxylic acids is 1. The zero-order valence-electron chi connectivity index (χ0n) is 16.2. The number of aryl methyl sites for hydroxylation is 1. The molecule has 30 heavy (non-hydrogen) atoms. The molecule has 4 aromatic rings. The number of furan rings is 1. The van der Waals surface area contributed by atoms with Gasteiger partial charge in [0, 0.05) is 17.7 Å². The molecule has 2 aromatic carbocycles. The molecule has 0 aliphatic rings. The molecule has 146 valence electrons. The highest BCUT2D eigenvalue weighted by Gasteiger charge is 2.15. The Morgan fingerprint density at radius 2 is 1.77 bits per heavy atom. The van der Waals surface area contributed by atoms with Crippen LogP contribution in [-0.2, 0) is 4.79 Å². The largest absolute Gasteiger partial charge is 0.457 e. The molecule has 6 nitrogen and oxygen atoms in total. The van der Waals surface area contributed by atoms with Crippen molar-refractivity contribution in [1.82, 2.24) is 9.78 Å². The number of para-hydroxylation sites is 1. The number of amides is 1. The van der Waals surface area contributed by atoms with Gasteiger partial charge in [-0.3, -0.25) is 4.79 Å². The highest BCUT2D eigenvalue weighted by atomic mass is 16.3. The molecule has 0 spiro atoms. The van der Waals surface area contributed by atoms with Crippen molar-refractivity contribution in [2.24, 2.45) is 0 Å². The van der Waals surface area contributed by atoms with Gasteiger partial charge in [0.05, 0.1) is 11.4 Å². The third-order valence-corrected chi connectivity index (χ3v) is 4.41. The van der Waals surface area contributed by atoms with Crippen LogP contribution in [0, 0.1) is 18.3 Å². The van der Waals surface area contributed by atoms with E-state index in [-0.39, 0.29) is 5.57 Å². The van der Waals surface area contributed by atoms with E-state index < -0.39 is 5.91 Å². The minimum atomic E-state index is -0.535. The molecule has 0 fully saturated rings. The van der Waals surface area contributed by atoms with Crippen LogP contribution in [0.2, 0.25) is 0 Å². The van der Waals surface area contributed by atoms with E-state index in [0.717, 1.165) is 16.9 Å². The Morgan fingerprint density at radius 1 is 1.07 bits per heavy atom. The third-order valence-electron chi connectivity index (χ3n) is 4.41. The molecular formula is C24H18N4O2. The topological polar surface area (TPSA) is 83.9 Å². The van der Waals surface area contributed by atoms with Crippen molar-refractivity contribution in [1.29, 1.82) is 5.26 Å². The number of benzene rings is 2. The molecule has 0 bridgehead atoms. The molecule has 4 rings (SSSR count). The highest BCUT2D eigenvalue weighted by molar-refractivity contribution is 6.09. The first-order chi connectivity index (χ1) is 14.6. The van der Waals surface area contributed by atoms with Crippen LogP contribution in [0.25, 0.3) is 23.1 Å². The monoisotopic (exact) mass is 394 g/mol. The summed E-state index contributed by atoms with van der Waals surface area (Å²) in [5.41, 5.74) is 2.40. The number of aromatic nitrogens is 2. The van der Waals surface area contributed by atoms with Crippen LogP contribution in [0.4, 0.5) is 5.82 Å². The van der Waals surface area contributed by atoms with Crippen molar-refractivity contribution >= 4 is 17.8 Å². The predicted molar refractivity (Wildman–Crippen MR) is 115 cm³/mol. The van der Waals surface area contributed by atoms with Gasteiger partial charge in [0.15, 0.2) is 0 Å². The van der Waals surface area contributed by atoms with Gasteiger partial charge in [-0.25, -0.2) is 4.68 Å². The maximum Gasteiger partial charge on any atom is 0.267 e. The molecule has 0 saturated carbocycles. The van der Waals surface area contributed by atoms with Crippen molar-refractivity contribution in [2.45, 2.75) is 6.92 Å².